The van der Waals surface area contributed by atoms with E-state index in [4.69, 9.17) is 0 Å². The Bertz CT molecular complexity index is 953. The number of fused-ring (bicyclic) bond motifs is 1. The molecule has 2 N–H and O–H groups in total. The van der Waals surface area contributed by atoms with Gasteiger partial charge in [0.15, 0.2) is 0 Å². The van der Waals surface area contributed by atoms with Crippen LogP contribution in [0.3, 0.4) is 0 Å². The molecule has 29 heavy (non-hydrogen) atoms. The van der Waals surface area contributed by atoms with Gasteiger partial charge in [-0.05, 0) is 56.0 Å². The van der Waals surface area contributed by atoms with Crippen molar-refractivity contribution in [2.24, 2.45) is 5.92 Å². The monoisotopic (exact) mass is 417 g/mol. The van der Waals surface area contributed by atoms with E-state index in [1.807, 2.05) is 13.1 Å². The minimum absolute atomic E-state index is 0.201. The normalized spacial score (nSPS) is 19.7. The zero-order chi connectivity index (χ0) is 20.2. The number of anilines is 1. The highest BCUT2D eigenvalue weighted by molar-refractivity contribution is 7.14. The van der Waals surface area contributed by atoms with E-state index >= 15 is 0 Å². The zero-order valence-corrected chi connectivity index (χ0v) is 17.2. The molecular formula is C21H25F2N5S. The third-order valence-corrected chi connectivity index (χ3v) is 6.36. The number of aryl methyl sites for hydroxylation is 1. The second kappa shape index (κ2) is 9.09. The molecule has 1 aromatic carbocycles. The van der Waals surface area contributed by atoms with Gasteiger partial charge in [-0.1, -0.05) is 23.5 Å². The number of aromatic nitrogens is 3. The summed E-state index contributed by atoms with van der Waals surface area (Å²) in [4.78, 5) is 4.53. The number of nitrogens with one attached hydrogen (secondary N) is 2. The summed E-state index contributed by atoms with van der Waals surface area (Å²) >= 11 is 1.59. The molecule has 2 heterocycles. The number of hydrogen-bond acceptors (Lipinski definition) is 6. The fraction of sp³-hybridized carbons (Fsp3) is 0.476. The van der Waals surface area contributed by atoms with E-state index in [1.54, 1.807) is 11.3 Å². The van der Waals surface area contributed by atoms with Crippen LogP contribution in [0, 0.1) is 12.8 Å². The molecule has 0 bridgehead atoms. The number of halogens is 2. The summed E-state index contributed by atoms with van der Waals surface area (Å²) in [6, 6.07) is 8.54. The van der Waals surface area contributed by atoms with E-state index in [-0.39, 0.29) is 12.6 Å². The number of nitrogens with zero attached hydrogens (tertiary/aromatic N) is 3. The Morgan fingerprint density at radius 3 is 2.66 bits per heavy atom. The molecule has 0 saturated heterocycles. The molecular weight excluding hydrogens is 392 g/mol. The Kier molecular flexibility index (Phi) is 6.30. The van der Waals surface area contributed by atoms with Crippen LogP contribution in [0.1, 0.15) is 30.7 Å². The lowest BCUT2D eigenvalue weighted by molar-refractivity contribution is 0.136. The van der Waals surface area contributed by atoms with Gasteiger partial charge in [-0.2, -0.15) is 0 Å². The van der Waals surface area contributed by atoms with Crippen molar-refractivity contribution < 1.29 is 8.78 Å². The van der Waals surface area contributed by atoms with E-state index in [9.17, 15) is 8.78 Å². The second-order valence-corrected chi connectivity index (χ2v) is 8.84. The summed E-state index contributed by atoms with van der Waals surface area (Å²) in [5.41, 5.74) is 1.06. The highest BCUT2D eigenvalue weighted by Crippen LogP contribution is 2.28. The van der Waals surface area contributed by atoms with Gasteiger partial charge in [0.2, 0.25) is 0 Å². The van der Waals surface area contributed by atoms with Crippen molar-refractivity contribution >= 4 is 27.9 Å². The van der Waals surface area contributed by atoms with Gasteiger partial charge in [0, 0.05) is 29.7 Å². The Balaban J connectivity index is 1.35. The maximum atomic E-state index is 12.3. The first-order chi connectivity index (χ1) is 14.1. The van der Waals surface area contributed by atoms with Crippen molar-refractivity contribution in [3.05, 3.63) is 35.5 Å². The molecule has 4 rings (SSSR count). The van der Waals surface area contributed by atoms with Gasteiger partial charge in [0.05, 0.1) is 6.54 Å². The van der Waals surface area contributed by atoms with Crippen LogP contribution in [-0.4, -0.2) is 40.7 Å². The van der Waals surface area contributed by atoms with Crippen LogP contribution >= 0.6 is 11.3 Å². The first-order valence-corrected chi connectivity index (χ1v) is 10.8. The minimum Gasteiger partial charge on any atom is -0.370 e. The fourth-order valence-electron chi connectivity index (χ4n) is 3.86. The molecule has 154 valence electrons. The van der Waals surface area contributed by atoms with Gasteiger partial charge in [-0.3, -0.25) is 0 Å². The lowest BCUT2D eigenvalue weighted by Gasteiger charge is -2.29. The predicted molar refractivity (Wildman–Crippen MR) is 114 cm³/mol. The average molecular weight is 418 g/mol. The lowest BCUT2D eigenvalue weighted by atomic mass is 9.86. The molecule has 0 amide bonds. The summed E-state index contributed by atoms with van der Waals surface area (Å²) < 4.78 is 24.6. The van der Waals surface area contributed by atoms with Gasteiger partial charge in [0.25, 0.3) is 6.43 Å². The van der Waals surface area contributed by atoms with Gasteiger partial charge in [-0.25, -0.2) is 13.8 Å². The molecule has 3 aromatic rings. The average Bonchev–Trinajstić information content (AvgIpc) is 3.17. The Morgan fingerprint density at radius 1 is 1.10 bits per heavy atom. The minimum atomic E-state index is -2.27. The van der Waals surface area contributed by atoms with Crippen LogP contribution in [-0.2, 0) is 0 Å². The first-order valence-electron chi connectivity index (χ1n) is 10.0. The maximum absolute atomic E-state index is 12.3. The van der Waals surface area contributed by atoms with Crippen molar-refractivity contribution in [1.29, 1.82) is 0 Å². The Morgan fingerprint density at radius 2 is 1.93 bits per heavy atom. The number of rotatable bonds is 7. The number of benzene rings is 1. The molecule has 2 aromatic heterocycles. The van der Waals surface area contributed by atoms with E-state index in [1.165, 1.54) is 0 Å². The quantitative estimate of drug-likeness (QED) is 0.573. The van der Waals surface area contributed by atoms with Crippen molar-refractivity contribution in [2.45, 2.75) is 45.1 Å². The van der Waals surface area contributed by atoms with Crippen molar-refractivity contribution in [1.82, 2.24) is 20.5 Å². The highest BCUT2D eigenvalue weighted by atomic mass is 32.1. The standard InChI is InChI=1S/C21H25F2N5S/c1-13-27-28-21(29-13)15-4-5-16-11-26-20(9-17(16)8-15)25-10-14-2-6-18(7-3-14)24-12-19(22)23/h4-5,8-9,11,14,18-19,24H,2-3,6-7,10,12H2,1H3,(H,25,26). The molecule has 0 unspecified atom stereocenters. The summed E-state index contributed by atoms with van der Waals surface area (Å²) in [6.45, 7) is 2.61. The predicted octanol–water partition coefficient (Wildman–Crippen LogP) is 4.89. The van der Waals surface area contributed by atoms with E-state index in [0.717, 1.165) is 64.4 Å². The van der Waals surface area contributed by atoms with Crippen LogP contribution < -0.4 is 10.6 Å². The molecule has 1 saturated carbocycles. The van der Waals surface area contributed by atoms with Gasteiger partial charge in [-0.15, -0.1) is 10.2 Å². The highest BCUT2D eigenvalue weighted by Gasteiger charge is 2.21. The molecule has 0 atom stereocenters. The SMILES string of the molecule is Cc1nnc(-c2ccc3cnc(NCC4CCC(NCC(F)F)CC4)cc3c2)s1. The molecule has 1 aliphatic rings. The molecule has 1 fully saturated rings. The second-order valence-electron chi connectivity index (χ2n) is 7.66. The van der Waals surface area contributed by atoms with Crippen LogP contribution in [0.5, 0.6) is 0 Å². The van der Waals surface area contributed by atoms with Crippen molar-refractivity contribution in [3.63, 3.8) is 0 Å². The molecule has 0 spiro atoms. The van der Waals surface area contributed by atoms with Gasteiger partial charge in [0.1, 0.15) is 15.8 Å². The Hall–Kier alpha value is -2.19. The molecule has 1 aliphatic carbocycles. The Labute approximate surface area is 173 Å². The molecule has 5 nitrogen and oxygen atoms in total. The number of pyridine rings is 1. The largest absolute Gasteiger partial charge is 0.370 e. The topological polar surface area (TPSA) is 62.7 Å². The molecule has 0 radical (unpaired) electrons. The smallest absolute Gasteiger partial charge is 0.250 e. The van der Waals surface area contributed by atoms with Crippen molar-refractivity contribution in [2.75, 3.05) is 18.4 Å². The number of alkyl halides is 2. The first kappa shape index (κ1) is 20.1. The maximum Gasteiger partial charge on any atom is 0.250 e. The summed E-state index contributed by atoms with van der Waals surface area (Å²) in [6.07, 6.45) is 3.61. The van der Waals surface area contributed by atoms with Crippen LogP contribution in [0.2, 0.25) is 0 Å². The third kappa shape index (κ3) is 5.25. The van der Waals surface area contributed by atoms with E-state index in [2.05, 4.69) is 50.1 Å². The van der Waals surface area contributed by atoms with Gasteiger partial charge < -0.3 is 10.6 Å². The van der Waals surface area contributed by atoms with E-state index in [0.29, 0.717) is 5.92 Å². The van der Waals surface area contributed by atoms with Crippen LogP contribution in [0.4, 0.5) is 14.6 Å². The van der Waals surface area contributed by atoms with E-state index < -0.39 is 6.43 Å². The fourth-order valence-corrected chi connectivity index (χ4v) is 4.55. The summed E-state index contributed by atoms with van der Waals surface area (Å²) in [5, 5.41) is 18.8. The molecule has 0 aliphatic heterocycles. The summed E-state index contributed by atoms with van der Waals surface area (Å²) in [7, 11) is 0. The van der Waals surface area contributed by atoms with Crippen molar-refractivity contribution in [3.8, 4) is 10.6 Å². The molecule has 8 heteroatoms. The summed E-state index contributed by atoms with van der Waals surface area (Å²) in [5.74, 6) is 1.41. The number of hydrogen-bond donors (Lipinski definition) is 2. The van der Waals surface area contributed by atoms with Crippen LogP contribution in [0.25, 0.3) is 21.3 Å². The zero-order valence-electron chi connectivity index (χ0n) is 16.4. The lowest BCUT2D eigenvalue weighted by Crippen LogP contribution is -2.37. The third-order valence-electron chi connectivity index (χ3n) is 5.47. The van der Waals surface area contributed by atoms with Crippen LogP contribution in [0.15, 0.2) is 30.5 Å². The van der Waals surface area contributed by atoms with Gasteiger partial charge >= 0.3 is 0 Å².